The lowest BCUT2D eigenvalue weighted by Gasteiger charge is -2.26. The van der Waals surface area contributed by atoms with Crippen LogP contribution in [-0.2, 0) is 10.8 Å². The zero-order chi connectivity index (χ0) is 17.6. The molecule has 0 unspecified atom stereocenters. The number of halogens is 2. The molecule has 2 aromatic rings. The first-order valence-corrected chi connectivity index (χ1v) is 8.81. The van der Waals surface area contributed by atoms with Gasteiger partial charge < -0.3 is 0 Å². The second kappa shape index (κ2) is 6.05. The van der Waals surface area contributed by atoms with Crippen molar-refractivity contribution in [2.75, 3.05) is 0 Å². The number of hydrogen-bond donors (Lipinski definition) is 0. The van der Waals surface area contributed by atoms with Crippen LogP contribution >= 0.6 is 15.9 Å². The van der Waals surface area contributed by atoms with Gasteiger partial charge in [-0.3, -0.25) is 0 Å². The summed E-state index contributed by atoms with van der Waals surface area (Å²) in [7, 11) is 0. The molecule has 0 aromatic heterocycles. The fourth-order valence-electron chi connectivity index (χ4n) is 2.59. The van der Waals surface area contributed by atoms with E-state index in [9.17, 15) is 4.39 Å². The lowest BCUT2D eigenvalue weighted by molar-refractivity contribution is 0.569. The van der Waals surface area contributed by atoms with E-state index < -0.39 is 0 Å². The van der Waals surface area contributed by atoms with Crippen molar-refractivity contribution in [3.05, 3.63) is 57.3 Å². The highest BCUT2D eigenvalue weighted by molar-refractivity contribution is 9.10. The summed E-state index contributed by atoms with van der Waals surface area (Å²) in [5, 5.41) is 0. The molecule has 2 heteroatoms. The monoisotopic (exact) mass is 376 g/mol. The van der Waals surface area contributed by atoms with Crippen LogP contribution in [0.5, 0.6) is 0 Å². The Kier molecular flexibility index (Phi) is 4.79. The van der Waals surface area contributed by atoms with Crippen LogP contribution in [0.1, 0.15) is 58.2 Å². The Labute approximate surface area is 148 Å². The molecule has 0 saturated carbocycles. The lowest BCUT2D eigenvalue weighted by atomic mass is 9.78. The van der Waals surface area contributed by atoms with Gasteiger partial charge in [-0.2, -0.15) is 0 Å². The molecule has 0 radical (unpaired) electrons. The topological polar surface area (TPSA) is 0 Å². The van der Waals surface area contributed by atoms with Crippen LogP contribution in [0, 0.1) is 12.7 Å². The quantitative estimate of drug-likeness (QED) is 0.495. The standard InChI is InChI=1S/C21H26BrF/c1-13-18(11-17(23)12-19(13)22)14-8-15(20(2,3)4)10-16(9-14)21(5,6)7/h8-12H,1-7H3. The predicted octanol–water partition coefficient (Wildman–Crippen LogP) is 7.16. The van der Waals surface area contributed by atoms with Gasteiger partial charge in [-0.15, -0.1) is 0 Å². The fraction of sp³-hybridized carbons (Fsp3) is 0.429. The van der Waals surface area contributed by atoms with Gasteiger partial charge in [0.15, 0.2) is 0 Å². The largest absolute Gasteiger partial charge is 0.207 e. The molecule has 0 aliphatic heterocycles. The van der Waals surface area contributed by atoms with E-state index in [-0.39, 0.29) is 16.6 Å². The van der Waals surface area contributed by atoms with Crippen LogP contribution in [0.15, 0.2) is 34.8 Å². The van der Waals surface area contributed by atoms with Crippen LogP contribution in [0.4, 0.5) is 4.39 Å². The van der Waals surface area contributed by atoms with Gasteiger partial charge >= 0.3 is 0 Å². The van der Waals surface area contributed by atoms with Gasteiger partial charge in [-0.05, 0) is 57.7 Å². The molecule has 0 heterocycles. The Bertz CT molecular complexity index is 698. The van der Waals surface area contributed by atoms with Crippen molar-refractivity contribution in [3.8, 4) is 11.1 Å². The molecule has 2 aromatic carbocycles. The van der Waals surface area contributed by atoms with E-state index in [0.717, 1.165) is 21.2 Å². The fourth-order valence-corrected chi connectivity index (χ4v) is 3.03. The predicted molar refractivity (Wildman–Crippen MR) is 102 cm³/mol. The maximum absolute atomic E-state index is 13.9. The molecule has 0 saturated heterocycles. The van der Waals surface area contributed by atoms with E-state index in [1.807, 2.05) is 6.92 Å². The average molecular weight is 377 g/mol. The van der Waals surface area contributed by atoms with Gasteiger partial charge in [0.1, 0.15) is 5.82 Å². The molecule has 0 nitrogen and oxygen atoms in total. The Morgan fingerprint density at radius 2 is 1.26 bits per heavy atom. The Hall–Kier alpha value is -1.15. The summed E-state index contributed by atoms with van der Waals surface area (Å²) in [5.41, 5.74) is 5.76. The van der Waals surface area contributed by atoms with Crippen molar-refractivity contribution >= 4 is 15.9 Å². The van der Waals surface area contributed by atoms with Gasteiger partial charge in [0, 0.05) is 4.47 Å². The summed E-state index contributed by atoms with van der Waals surface area (Å²) in [6.07, 6.45) is 0. The van der Waals surface area contributed by atoms with Gasteiger partial charge in [0.2, 0.25) is 0 Å². The first-order valence-electron chi connectivity index (χ1n) is 8.01. The molecule has 124 valence electrons. The van der Waals surface area contributed by atoms with Crippen molar-refractivity contribution < 1.29 is 4.39 Å². The Morgan fingerprint density at radius 3 is 1.70 bits per heavy atom. The van der Waals surface area contributed by atoms with Crippen molar-refractivity contribution in [1.82, 2.24) is 0 Å². The van der Waals surface area contributed by atoms with Crippen molar-refractivity contribution in [2.45, 2.75) is 59.3 Å². The maximum atomic E-state index is 13.9. The Balaban J connectivity index is 2.77. The normalized spacial score (nSPS) is 12.6. The van der Waals surface area contributed by atoms with E-state index in [2.05, 4.69) is 75.7 Å². The molecule has 0 fully saturated rings. The number of hydrogen-bond acceptors (Lipinski definition) is 0. The van der Waals surface area contributed by atoms with Gasteiger partial charge in [-0.1, -0.05) is 75.7 Å². The third kappa shape index (κ3) is 4.03. The van der Waals surface area contributed by atoms with Crippen molar-refractivity contribution in [1.29, 1.82) is 0 Å². The van der Waals surface area contributed by atoms with E-state index in [0.29, 0.717) is 0 Å². The minimum absolute atomic E-state index is 0.0501. The minimum atomic E-state index is -0.212. The summed E-state index contributed by atoms with van der Waals surface area (Å²) in [4.78, 5) is 0. The first kappa shape index (κ1) is 18.2. The molecule has 0 spiro atoms. The van der Waals surface area contributed by atoms with Crippen LogP contribution in [0.25, 0.3) is 11.1 Å². The lowest BCUT2D eigenvalue weighted by Crippen LogP contribution is -2.16. The molecule has 0 amide bonds. The molecule has 0 bridgehead atoms. The second-order valence-electron chi connectivity index (χ2n) is 8.36. The molecule has 2 rings (SSSR count). The van der Waals surface area contributed by atoms with Crippen LogP contribution < -0.4 is 0 Å². The molecule has 0 N–H and O–H groups in total. The van der Waals surface area contributed by atoms with Gasteiger partial charge in [-0.25, -0.2) is 4.39 Å². The third-order valence-electron chi connectivity index (χ3n) is 4.29. The first-order chi connectivity index (χ1) is 10.4. The van der Waals surface area contributed by atoms with Crippen molar-refractivity contribution in [2.24, 2.45) is 0 Å². The van der Waals surface area contributed by atoms with E-state index in [1.165, 1.54) is 17.2 Å². The SMILES string of the molecule is Cc1c(Br)cc(F)cc1-c1cc(C(C)(C)C)cc(C(C)(C)C)c1. The van der Waals surface area contributed by atoms with Crippen LogP contribution in [0.3, 0.4) is 0 Å². The molecule has 0 aliphatic rings. The zero-order valence-corrected chi connectivity index (χ0v) is 16.7. The van der Waals surface area contributed by atoms with E-state index in [1.54, 1.807) is 6.07 Å². The molecule has 0 atom stereocenters. The summed E-state index contributed by atoms with van der Waals surface area (Å²) in [6.45, 7) is 15.3. The Morgan fingerprint density at radius 1 is 0.783 bits per heavy atom. The molecule has 0 aliphatic carbocycles. The zero-order valence-electron chi connectivity index (χ0n) is 15.1. The summed E-state index contributed by atoms with van der Waals surface area (Å²) in [5.74, 6) is -0.212. The highest BCUT2D eigenvalue weighted by atomic mass is 79.9. The maximum Gasteiger partial charge on any atom is 0.124 e. The highest BCUT2D eigenvalue weighted by Crippen LogP contribution is 2.36. The number of benzene rings is 2. The molecular formula is C21H26BrF. The summed E-state index contributed by atoms with van der Waals surface area (Å²) >= 11 is 3.47. The highest BCUT2D eigenvalue weighted by Gasteiger charge is 2.21. The summed E-state index contributed by atoms with van der Waals surface area (Å²) < 4.78 is 14.7. The van der Waals surface area contributed by atoms with Crippen LogP contribution in [-0.4, -0.2) is 0 Å². The molecular weight excluding hydrogens is 351 g/mol. The van der Waals surface area contributed by atoms with Crippen molar-refractivity contribution in [3.63, 3.8) is 0 Å². The van der Waals surface area contributed by atoms with Gasteiger partial charge in [0.25, 0.3) is 0 Å². The summed E-state index contributed by atoms with van der Waals surface area (Å²) in [6, 6.07) is 9.84. The second-order valence-corrected chi connectivity index (χ2v) is 9.21. The molecule has 23 heavy (non-hydrogen) atoms. The van der Waals surface area contributed by atoms with Crippen LogP contribution in [0.2, 0.25) is 0 Å². The van der Waals surface area contributed by atoms with Gasteiger partial charge in [0.05, 0.1) is 0 Å². The van der Waals surface area contributed by atoms with E-state index in [4.69, 9.17) is 0 Å². The smallest absolute Gasteiger partial charge is 0.124 e. The average Bonchev–Trinajstić information content (AvgIpc) is 2.40. The minimum Gasteiger partial charge on any atom is -0.207 e. The van der Waals surface area contributed by atoms with E-state index >= 15 is 0 Å². The number of rotatable bonds is 1. The third-order valence-corrected chi connectivity index (χ3v) is 5.11.